The van der Waals surface area contributed by atoms with Gasteiger partial charge in [0, 0.05) is 25.4 Å². The van der Waals surface area contributed by atoms with E-state index in [2.05, 4.69) is 27.9 Å². The quantitative estimate of drug-likeness (QED) is 0.228. The molecule has 0 bridgehead atoms. The van der Waals surface area contributed by atoms with E-state index >= 15 is 0 Å². The van der Waals surface area contributed by atoms with Crippen LogP contribution in [-0.2, 0) is 19.3 Å². The van der Waals surface area contributed by atoms with E-state index in [-0.39, 0.29) is 18.4 Å². The Hall–Kier alpha value is -1.55. The smallest absolute Gasteiger partial charge is 0.407 e. The van der Waals surface area contributed by atoms with Crippen LogP contribution in [0.5, 0.6) is 0 Å². The maximum atomic E-state index is 11.9. The SMILES string of the molecule is CCCCC(CNC(=O)OC(C)(C)C)NC(=NCCOCCS(C)(=O)=O)NCC. The van der Waals surface area contributed by atoms with E-state index in [1.54, 1.807) is 0 Å². The van der Waals surface area contributed by atoms with Crippen molar-refractivity contribution in [3.05, 3.63) is 0 Å². The van der Waals surface area contributed by atoms with Crippen LogP contribution in [0.4, 0.5) is 4.79 Å². The summed E-state index contributed by atoms with van der Waals surface area (Å²) in [6.07, 6.45) is 3.68. The number of hydrogen-bond donors (Lipinski definition) is 3. The number of rotatable bonds is 13. The van der Waals surface area contributed by atoms with Crippen LogP contribution in [0.25, 0.3) is 0 Å². The summed E-state index contributed by atoms with van der Waals surface area (Å²) in [4.78, 5) is 16.4. The Bertz CT molecular complexity index is 588. The normalized spacial score (nSPS) is 13.7. The molecule has 10 heteroatoms. The molecule has 0 aliphatic carbocycles. The first-order chi connectivity index (χ1) is 13.5. The molecule has 0 saturated heterocycles. The van der Waals surface area contributed by atoms with E-state index in [0.717, 1.165) is 19.3 Å². The van der Waals surface area contributed by atoms with Crippen LogP contribution < -0.4 is 16.0 Å². The maximum Gasteiger partial charge on any atom is 0.407 e. The molecule has 0 aromatic heterocycles. The molecular formula is C19H40N4O5S. The molecule has 1 unspecified atom stereocenters. The summed E-state index contributed by atoms with van der Waals surface area (Å²) in [6, 6.07) is 0.00595. The van der Waals surface area contributed by atoms with Crippen LogP contribution in [-0.4, -0.2) is 77.0 Å². The van der Waals surface area contributed by atoms with Gasteiger partial charge in [-0.05, 0) is 34.1 Å². The number of aliphatic imine (C=N–C) groups is 1. The molecule has 0 heterocycles. The van der Waals surface area contributed by atoms with Gasteiger partial charge < -0.3 is 25.4 Å². The van der Waals surface area contributed by atoms with Gasteiger partial charge in [0.15, 0.2) is 5.96 Å². The number of hydrogen-bond acceptors (Lipinski definition) is 6. The number of unbranched alkanes of at least 4 members (excludes halogenated alkanes) is 1. The topological polar surface area (TPSA) is 118 Å². The van der Waals surface area contributed by atoms with Crippen LogP contribution in [0.1, 0.15) is 53.9 Å². The minimum absolute atomic E-state index is 0.00442. The molecule has 0 saturated carbocycles. The predicted molar refractivity (Wildman–Crippen MR) is 117 cm³/mol. The van der Waals surface area contributed by atoms with Crippen molar-refractivity contribution in [3.63, 3.8) is 0 Å². The fourth-order valence-electron chi connectivity index (χ4n) is 2.24. The monoisotopic (exact) mass is 436 g/mol. The third-order valence-corrected chi connectivity index (χ3v) is 4.50. The highest BCUT2D eigenvalue weighted by molar-refractivity contribution is 7.90. The van der Waals surface area contributed by atoms with E-state index < -0.39 is 21.5 Å². The number of carbonyl (C=O) groups excluding carboxylic acids is 1. The second-order valence-electron chi connectivity index (χ2n) is 7.87. The highest BCUT2D eigenvalue weighted by atomic mass is 32.2. The van der Waals surface area contributed by atoms with Crippen molar-refractivity contribution in [2.45, 2.75) is 65.5 Å². The zero-order valence-electron chi connectivity index (χ0n) is 18.8. The number of carbonyl (C=O) groups is 1. The maximum absolute atomic E-state index is 11.9. The minimum atomic E-state index is -3.02. The number of amides is 1. The molecule has 0 fully saturated rings. The van der Waals surface area contributed by atoms with Crippen molar-refractivity contribution in [1.29, 1.82) is 0 Å². The third kappa shape index (κ3) is 18.2. The molecule has 0 aromatic carbocycles. The minimum Gasteiger partial charge on any atom is -0.444 e. The van der Waals surface area contributed by atoms with Crippen molar-refractivity contribution in [2.24, 2.45) is 4.99 Å². The zero-order chi connectivity index (χ0) is 22.3. The molecule has 9 nitrogen and oxygen atoms in total. The van der Waals surface area contributed by atoms with Crippen LogP contribution in [0.2, 0.25) is 0 Å². The standard InChI is InChI=1S/C19H40N4O5S/c1-7-9-10-16(15-22-18(24)28-19(3,4)5)23-17(20-8-2)21-11-12-27-13-14-29(6,25)26/h16H,7-15H2,1-6H3,(H,22,24)(H2,20,21,23). The third-order valence-electron chi connectivity index (χ3n) is 3.59. The highest BCUT2D eigenvalue weighted by Gasteiger charge is 2.18. The predicted octanol–water partition coefficient (Wildman–Crippen LogP) is 1.69. The lowest BCUT2D eigenvalue weighted by Crippen LogP contribution is -2.49. The van der Waals surface area contributed by atoms with Gasteiger partial charge in [-0.3, -0.25) is 4.99 Å². The first-order valence-electron chi connectivity index (χ1n) is 10.2. The average Bonchev–Trinajstić information content (AvgIpc) is 2.57. The number of sulfone groups is 1. The van der Waals surface area contributed by atoms with Gasteiger partial charge in [-0.25, -0.2) is 13.2 Å². The molecule has 172 valence electrons. The molecule has 1 atom stereocenters. The van der Waals surface area contributed by atoms with Crippen molar-refractivity contribution >= 4 is 21.9 Å². The molecule has 1 amide bonds. The summed E-state index contributed by atoms with van der Waals surface area (Å²) in [5.41, 5.74) is -0.538. The van der Waals surface area contributed by atoms with Crippen molar-refractivity contribution in [2.75, 3.05) is 44.9 Å². The van der Waals surface area contributed by atoms with Gasteiger partial charge in [0.05, 0.1) is 25.5 Å². The molecule has 0 radical (unpaired) electrons. The molecule has 3 N–H and O–H groups in total. The molecular weight excluding hydrogens is 396 g/mol. The number of guanidine groups is 1. The largest absolute Gasteiger partial charge is 0.444 e. The van der Waals surface area contributed by atoms with Gasteiger partial charge in [0.2, 0.25) is 0 Å². The number of nitrogens with one attached hydrogen (secondary N) is 3. The second kappa shape index (κ2) is 14.4. The van der Waals surface area contributed by atoms with E-state index in [9.17, 15) is 13.2 Å². The Balaban J connectivity index is 4.62. The Kier molecular flexibility index (Phi) is 13.7. The van der Waals surface area contributed by atoms with Crippen molar-refractivity contribution in [3.8, 4) is 0 Å². The van der Waals surface area contributed by atoms with E-state index in [0.29, 0.717) is 32.2 Å². The lowest BCUT2D eigenvalue weighted by molar-refractivity contribution is 0.0522. The molecule has 0 aromatic rings. The number of nitrogens with zero attached hydrogens (tertiary/aromatic N) is 1. The second-order valence-corrected chi connectivity index (χ2v) is 10.1. The fraction of sp³-hybridized carbons (Fsp3) is 0.895. The highest BCUT2D eigenvalue weighted by Crippen LogP contribution is 2.07. The fourth-order valence-corrected chi connectivity index (χ4v) is 2.66. The summed E-state index contributed by atoms with van der Waals surface area (Å²) >= 11 is 0. The summed E-state index contributed by atoms with van der Waals surface area (Å²) in [5, 5.41) is 9.32. The van der Waals surface area contributed by atoms with E-state index in [1.165, 1.54) is 6.26 Å². The van der Waals surface area contributed by atoms with E-state index in [4.69, 9.17) is 9.47 Å². The summed E-state index contributed by atoms with van der Waals surface area (Å²) in [7, 11) is -3.02. The summed E-state index contributed by atoms with van der Waals surface area (Å²) < 4.78 is 32.8. The Morgan fingerprint density at radius 3 is 2.38 bits per heavy atom. The molecule has 29 heavy (non-hydrogen) atoms. The Morgan fingerprint density at radius 2 is 1.83 bits per heavy atom. The van der Waals surface area contributed by atoms with Gasteiger partial charge in [-0.15, -0.1) is 0 Å². The van der Waals surface area contributed by atoms with Gasteiger partial charge in [-0.2, -0.15) is 0 Å². The van der Waals surface area contributed by atoms with Crippen molar-refractivity contribution in [1.82, 2.24) is 16.0 Å². The van der Waals surface area contributed by atoms with Gasteiger partial charge in [0.1, 0.15) is 15.4 Å². The average molecular weight is 437 g/mol. The van der Waals surface area contributed by atoms with Crippen LogP contribution >= 0.6 is 0 Å². The molecule has 0 rings (SSSR count). The van der Waals surface area contributed by atoms with Crippen LogP contribution in [0.15, 0.2) is 4.99 Å². The first kappa shape index (κ1) is 27.5. The molecule has 0 aliphatic heterocycles. The van der Waals surface area contributed by atoms with E-state index in [1.807, 2.05) is 27.7 Å². The van der Waals surface area contributed by atoms with Crippen LogP contribution in [0.3, 0.4) is 0 Å². The van der Waals surface area contributed by atoms with Crippen molar-refractivity contribution < 1.29 is 22.7 Å². The first-order valence-corrected chi connectivity index (χ1v) is 12.3. The Labute approximate surface area is 176 Å². The molecule has 0 spiro atoms. The number of ether oxygens (including phenoxy) is 2. The lowest BCUT2D eigenvalue weighted by atomic mass is 10.1. The van der Waals surface area contributed by atoms with Gasteiger partial charge in [0.25, 0.3) is 0 Å². The van der Waals surface area contributed by atoms with Gasteiger partial charge >= 0.3 is 6.09 Å². The lowest BCUT2D eigenvalue weighted by Gasteiger charge is -2.24. The van der Waals surface area contributed by atoms with Crippen LogP contribution in [0, 0.1) is 0 Å². The Morgan fingerprint density at radius 1 is 1.14 bits per heavy atom. The summed E-state index contributed by atoms with van der Waals surface area (Å²) in [5.74, 6) is 0.635. The zero-order valence-corrected chi connectivity index (χ0v) is 19.7. The molecule has 0 aliphatic rings. The summed E-state index contributed by atoms with van der Waals surface area (Å²) in [6.45, 7) is 11.6. The van der Waals surface area contributed by atoms with Gasteiger partial charge in [-0.1, -0.05) is 19.8 Å². The number of alkyl carbamates (subject to hydrolysis) is 1.